The van der Waals surface area contributed by atoms with Gasteiger partial charge in [-0.05, 0) is 56.2 Å². The van der Waals surface area contributed by atoms with Crippen LogP contribution in [0.3, 0.4) is 0 Å². The molecular formula is C19H25ClN2O4. The smallest absolute Gasteiger partial charge is 0.315 e. The van der Waals surface area contributed by atoms with Crippen molar-refractivity contribution in [3.63, 3.8) is 0 Å². The van der Waals surface area contributed by atoms with E-state index in [1.807, 2.05) is 24.3 Å². The van der Waals surface area contributed by atoms with Gasteiger partial charge in [0.15, 0.2) is 0 Å². The van der Waals surface area contributed by atoms with Crippen LogP contribution in [0.15, 0.2) is 24.3 Å². The van der Waals surface area contributed by atoms with E-state index in [1.54, 1.807) is 0 Å². The van der Waals surface area contributed by atoms with Crippen LogP contribution >= 0.6 is 11.6 Å². The third kappa shape index (κ3) is 4.89. The summed E-state index contributed by atoms with van der Waals surface area (Å²) in [5.74, 6) is -1.02. The Morgan fingerprint density at radius 1 is 1.19 bits per heavy atom. The first kappa shape index (κ1) is 19.0. The van der Waals surface area contributed by atoms with Gasteiger partial charge in [-0.2, -0.15) is 0 Å². The highest BCUT2D eigenvalue weighted by Gasteiger charge is 2.37. The van der Waals surface area contributed by atoms with Gasteiger partial charge in [-0.25, -0.2) is 4.79 Å². The number of hydrogen-bond donors (Lipinski definition) is 3. The molecule has 0 spiro atoms. The van der Waals surface area contributed by atoms with E-state index in [4.69, 9.17) is 21.4 Å². The number of hydrogen-bond acceptors (Lipinski definition) is 3. The van der Waals surface area contributed by atoms with E-state index < -0.39 is 11.5 Å². The fourth-order valence-electron chi connectivity index (χ4n) is 3.83. The molecule has 1 aliphatic carbocycles. The van der Waals surface area contributed by atoms with E-state index in [0.29, 0.717) is 50.3 Å². The fourth-order valence-corrected chi connectivity index (χ4v) is 3.96. The third-order valence-corrected chi connectivity index (χ3v) is 5.60. The van der Waals surface area contributed by atoms with Crippen LogP contribution in [0.1, 0.15) is 37.7 Å². The lowest BCUT2D eigenvalue weighted by Crippen LogP contribution is -2.56. The molecule has 7 heteroatoms. The zero-order valence-corrected chi connectivity index (χ0v) is 15.4. The molecule has 142 valence electrons. The second-order valence-electron chi connectivity index (χ2n) is 7.37. The number of halogens is 1. The number of carbonyl (C=O) groups excluding carboxylic acids is 1. The zero-order valence-electron chi connectivity index (χ0n) is 14.7. The maximum Gasteiger partial charge on any atom is 0.315 e. The van der Waals surface area contributed by atoms with Crippen LogP contribution in [-0.4, -0.2) is 41.9 Å². The number of carbonyl (C=O) groups is 2. The summed E-state index contributed by atoms with van der Waals surface area (Å²) in [4.78, 5) is 23.5. The number of carboxylic acid groups (broad SMARTS) is 1. The highest BCUT2D eigenvalue weighted by atomic mass is 35.5. The standard InChI is InChI=1S/C19H25ClN2O4/c20-15-5-1-13(2-6-15)11-19(9-10-26-12-19)22-18(25)21-16-7-3-14(4-8-16)17(23)24/h1-2,5-6,14,16H,3-4,7-12H2,(H,23,24)(H2,21,22,25). The van der Waals surface area contributed by atoms with E-state index in [0.717, 1.165) is 12.0 Å². The Hall–Kier alpha value is -1.79. The minimum absolute atomic E-state index is 0.0282. The monoisotopic (exact) mass is 380 g/mol. The van der Waals surface area contributed by atoms with Gasteiger partial charge in [0.05, 0.1) is 18.1 Å². The molecule has 1 heterocycles. The Morgan fingerprint density at radius 3 is 2.46 bits per heavy atom. The first-order valence-corrected chi connectivity index (χ1v) is 9.47. The van der Waals surface area contributed by atoms with Crippen LogP contribution in [0, 0.1) is 5.92 Å². The van der Waals surface area contributed by atoms with Crippen molar-refractivity contribution < 1.29 is 19.4 Å². The molecule has 6 nitrogen and oxygen atoms in total. The summed E-state index contributed by atoms with van der Waals surface area (Å²) in [5, 5.41) is 15.9. The van der Waals surface area contributed by atoms with Crippen molar-refractivity contribution in [2.45, 2.75) is 50.1 Å². The molecule has 2 fully saturated rings. The predicted molar refractivity (Wildman–Crippen MR) is 98.4 cm³/mol. The van der Waals surface area contributed by atoms with Crippen molar-refractivity contribution in [2.24, 2.45) is 5.92 Å². The SMILES string of the molecule is O=C(NC1CCC(C(=O)O)CC1)NC1(Cc2ccc(Cl)cc2)CCOC1. The van der Waals surface area contributed by atoms with Crippen LogP contribution in [0.25, 0.3) is 0 Å². The molecule has 1 aromatic rings. The normalized spacial score (nSPS) is 28.5. The van der Waals surface area contributed by atoms with Crippen molar-refractivity contribution in [2.75, 3.05) is 13.2 Å². The number of carboxylic acids is 1. The molecule has 26 heavy (non-hydrogen) atoms. The summed E-state index contributed by atoms with van der Waals surface area (Å²) in [6.07, 6.45) is 4.06. The van der Waals surface area contributed by atoms with Gasteiger partial charge in [0, 0.05) is 17.7 Å². The Balaban J connectivity index is 1.55. The quantitative estimate of drug-likeness (QED) is 0.732. The molecule has 1 unspecified atom stereocenters. The van der Waals surface area contributed by atoms with Gasteiger partial charge in [-0.3, -0.25) is 4.79 Å². The molecule has 1 aliphatic heterocycles. The lowest BCUT2D eigenvalue weighted by atomic mass is 9.86. The molecule has 3 rings (SSSR count). The van der Waals surface area contributed by atoms with Crippen molar-refractivity contribution in [1.29, 1.82) is 0 Å². The Kier molecular flexibility index (Phi) is 6.04. The van der Waals surface area contributed by atoms with Gasteiger partial charge in [0.1, 0.15) is 0 Å². The summed E-state index contributed by atoms with van der Waals surface area (Å²) in [6, 6.07) is 7.45. The molecule has 1 saturated carbocycles. The number of rotatable bonds is 5. The third-order valence-electron chi connectivity index (χ3n) is 5.35. The summed E-state index contributed by atoms with van der Waals surface area (Å²) in [6.45, 7) is 1.10. The van der Waals surface area contributed by atoms with Crippen LogP contribution in [0.5, 0.6) is 0 Å². The van der Waals surface area contributed by atoms with Crippen molar-refractivity contribution in [3.8, 4) is 0 Å². The molecule has 1 saturated heterocycles. The van der Waals surface area contributed by atoms with Gasteiger partial charge in [-0.1, -0.05) is 23.7 Å². The van der Waals surface area contributed by atoms with Crippen LogP contribution in [0.2, 0.25) is 5.02 Å². The fraction of sp³-hybridized carbons (Fsp3) is 0.579. The number of amides is 2. The Bertz CT molecular complexity index is 635. The minimum Gasteiger partial charge on any atom is -0.481 e. The maximum atomic E-state index is 12.5. The molecule has 0 aromatic heterocycles. The van der Waals surface area contributed by atoms with E-state index in [1.165, 1.54) is 0 Å². The van der Waals surface area contributed by atoms with Crippen molar-refractivity contribution in [1.82, 2.24) is 10.6 Å². The average Bonchev–Trinajstić information content (AvgIpc) is 3.05. The zero-order chi connectivity index (χ0) is 18.6. The van der Waals surface area contributed by atoms with Crippen molar-refractivity contribution in [3.05, 3.63) is 34.9 Å². The highest BCUT2D eigenvalue weighted by Crippen LogP contribution is 2.26. The van der Waals surface area contributed by atoms with E-state index in [2.05, 4.69) is 10.6 Å². The summed E-state index contributed by atoms with van der Waals surface area (Å²) in [7, 11) is 0. The maximum absolute atomic E-state index is 12.5. The second-order valence-corrected chi connectivity index (χ2v) is 7.81. The first-order chi connectivity index (χ1) is 12.5. The van der Waals surface area contributed by atoms with Crippen LogP contribution in [-0.2, 0) is 16.0 Å². The number of aliphatic carboxylic acids is 1. The van der Waals surface area contributed by atoms with Crippen molar-refractivity contribution >= 4 is 23.6 Å². The van der Waals surface area contributed by atoms with Gasteiger partial charge >= 0.3 is 12.0 Å². The summed E-state index contributed by atoms with van der Waals surface area (Å²) < 4.78 is 5.55. The largest absolute Gasteiger partial charge is 0.481 e. The van der Waals surface area contributed by atoms with E-state index in [9.17, 15) is 9.59 Å². The van der Waals surface area contributed by atoms with Gasteiger partial charge in [-0.15, -0.1) is 0 Å². The Morgan fingerprint density at radius 2 is 1.88 bits per heavy atom. The first-order valence-electron chi connectivity index (χ1n) is 9.09. The molecule has 2 amide bonds. The van der Waals surface area contributed by atoms with E-state index >= 15 is 0 Å². The molecular weight excluding hydrogens is 356 g/mol. The minimum atomic E-state index is -0.738. The summed E-state index contributed by atoms with van der Waals surface area (Å²) in [5.41, 5.74) is 0.679. The highest BCUT2D eigenvalue weighted by molar-refractivity contribution is 6.30. The van der Waals surface area contributed by atoms with Crippen LogP contribution in [0.4, 0.5) is 4.79 Å². The molecule has 1 atom stereocenters. The molecule has 2 aliphatic rings. The van der Waals surface area contributed by atoms with E-state index in [-0.39, 0.29) is 18.0 Å². The lowest BCUT2D eigenvalue weighted by molar-refractivity contribution is -0.142. The second kappa shape index (κ2) is 8.27. The topological polar surface area (TPSA) is 87.7 Å². The molecule has 0 radical (unpaired) electrons. The number of urea groups is 1. The lowest BCUT2D eigenvalue weighted by Gasteiger charge is -2.32. The van der Waals surface area contributed by atoms with Gasteiger partial charge < -0.3 is 20.5 Å². The number of benzene rings is 1. The van der Waals surface area contributed by atoms with Gasteiger partial charge in [0.2, 0.25) is 0 Å². The summed E-state index contributed by atoms with van der Waals surface area (Å²) >= 11 is 5.94. The predicted octanol–water partition coefficient (Wildman–Crippen LogP) is 2.98. The van der Waals surface area contributed by atoms with Crippen LogP contribution < -0.4 is 10.6 Å². The molecule has 3 N–H and O–H groups in total. The average molecular weight is 381 g/mol. The number of nitrogens with one attached hydrogen (secondary N) is 2. The number of ether oxygens (including phenoxy) is 1. The Labute approximate surface area is 158 Å². The molecule has 0 bridgehead atoms. The van der Waals surface area contributed by atoms with Gasteiger partial charge in [0.25, 0.3) is 0 Å². The molecule has 1 aromatic carbocycles.